The van der Waals surface area contributed by atoms with E-state index in [4.69, 9.17) is 28.0 Å². The summed E-state index contributed by atoms with van der Waals surface area (Å²) in [5, 5.41) is 7.73. The van der Waals surface area contributed by atoms with Crippen LogP contribution < -0.4 is 33.2 Å². The summed E-state index contributed by atoms with van der Waals surface area (Å²) in [6.45, 7) is 3.76. The van der Waals surface area contributed by atoms with Crippen LogP contribution in [0.3, 0.4) is 0 Å². The summed E-state index contributed by atoms with van der Waals surface area (Å²) >= 11 is 0. The summed E-state index contributed by atoms with van der Waals surface area (Å²) in [6.07, 6.45) is 1.77. The van der Waals surface area contributed by atoms with E-state index in [-0.39, 0.29) is 18.3 Å². The SMILES string of the molecule is C=C(C(CN=[N+]=[N-])NN)N(N)C(=O)C1=CC(c2ccccc2)Nc2ccc(ON)cc21. The van der Waals surface area contributed by atoms with Crippen LogP contribution in [0, 0.1) is 0 Å². The normalized spacial score (nSPS) is 15.5. The van der Waals surface area contributed by atoms with Crippen molar-refractivity contribution in [2.24, 2.45) is 22.7 Å². The van der Waals surface area contributed by atoms with Gasteiger partial charge in [-0.05, 0) is 35.4 Å². The molecule has 1 amide bonds. The smallest absolute Gasteiger partial charge is 0.272 e. The van der Waals surface area contributed by atoms with Gasteiger partial charge in [-0.2, -0.15) is 5.90 Å². The number of hydrogen-bond acceptors (Lipinski definition) is 8. The zero-order chi connectivity index (χ0) is 22.4. The Morgan fingerprint density at radius 3 is 2.74 bits per heavy atom. The maximum absolute atomic E-state index is 13.4. The Kier molecular flexibility index (Phi) is 6.88. The van der Waals surface area contributed by atoms with Crippen molar-refractivity contribution in [3.05, 3.63) is 88.5 Å². The highest BCUT2D eigenvalue weighted by Crippen LogP contribution is 2.38. The number of hydrogen-bond donors (Lipinski definition) is 5. The molecule has 2 unspecified atom stereocenters. The van der Waals surface area contributed by atoms with Crippen molar-refractivity contribution in [1.29, 1.82) is 0 Å². The molecule has 1 aliphatic heterocycles. The van der Waals surface area contributed by atoms with Crippen LogP contribution in [0.5, 0.6) is 5.75 Å². The topological polar surface area (TPSA) is 180 Å². The van der Waals surface area contributed by atoms with Gasteiger partial charge in [0, 0.05) is 34.0 Å². The molecule has 0 spiro atoms. The van der Waals surface area contributed by atoms with E-state index in [2.05, 4.69) is 27.3 Å². The van der Waals surface area contributed by atoms with Gasteiger partial charge in [0.15, 0.2) is 0 Å². The third-order valence-corrected chi connectivity index (χ3v) is 4.91. The van der Waals surface area contributed by atoms with E-state index in [1.165, 1.54) is 0 Å². The Balaban J connectivity index is 2.00. The molecule has 3 rings (SSSR count). The molecule has 0 radical (unpaired) electrons. The quantitative estimate of drug-likeness (QED) is 0.108. The lowest BCUT2D eigenvalue weighted by atomic mass is 9.92. The summed E-state index contributed by atoms with van der Waals surface area (Å²) in [7, 11) is 0. The first kappa shape index (κ1) is 21.8. The second-order valence-electron chi connectivity index (χ2n) is 6.74. The van der Waals surface area contributed by atoms with Crippen molar-refractivity contribution >= 4 is 17.2 Å². The minimum Gasteiger partial charge on any atom is -0.412 e. The van der Waals surface area contributed by atoms with Crippen molar-refractivity contribution in [2.45, 2.75) is 12.1 Å². The van der Waals surface area contributed by atoms with Crippen LogP contribution in [0.2, 0.25) is 0 Å². The van der Waals surface area contributed by atoms with E-state index in [1.807, 2.05) is 30.3 Å². The van der Waals surface area contributed by atoms with E-state index in [9.17, 15) is 4.79 Å². The molecule has 0 saturated carbocycles. The molecule has 0 aromatic heterocycles. The van der Waals surface area contributed by atoms with Gasteiger partial charge in [0.1, 0.15) is 5.75 Å². The molecular weight excluding hydrogens is 398 g/mol. The van der Waals surface area contributed by atoms with Gasteiger partial charge in [0.05, 0.1) is 12.1 Å². The van der Waals surface area contributed by atoms with Crippen LogP contribution in [0.15, 0.2) is 72.0 Å². The fourth-order valence-corrected chi connectivity index (χ4v) is 3.24. The number of nitrogens with zero attached hydrogens (tertiary/aromatic N) is 4. The van der Waals surface area contributed by atoms with E-state index in [1.54, 1.807) is 24.3 Å². The Labute approximate surface area is 178 Å². The number of anilines is 1. The molecule has 0 bridgehead atoms. The first-order valence-electron chi connectivity index (χ1n) is 9.29. The third kappa shape index (κ3) is 4.67. The van der Waals surface area contributed by atoms with E-state index < -0.39 is 11.9 Å². The number of nitrogens with one attached hydrogen (secondary N) is 2. The lowest BCUT2D eigenvalue weighted by molar-refractivity contribution is -0.123. The molecular formula is C20H23N9O2. The summed E-state index contributed by atoms with van der Waals surface area (Å²) in [5.41, 5.74) is 13.7. The molecule has 11 heteroatoms. The third-order valence-electron chi connectivity index (χ3n) is 4.91. The predicted octanol–water partition coefficient (Wildman–Crippen LogP) is 1.85. The average molecular weight is 421 g/mol. The molecule has 11 nitrogen and oxygen atoms in total. The second-order valence-corrected chi connectivity index (χ2v) is 6.74. The highest BCUT2D eigenvalue weighted by molar-refractivity contribution is 6.22. The zero-order valence-electron chi connectivity index (χ0n) is 16.6. The standard InChI is InChI=1S/C20H23N9O2/c1-12(19(27-21)11-25-28-22)29(23)20(30)16-10-18(13-5-3-2-4-6-13)26-17-8-7-14(31-24)9-15(16)17/h2-10,18-19,26-27H,1,11,21,23-24H2. The first-order valence-corrected chi connectivity index (χ1v) is 9.29. The Morgan fingerprint density at radius 2 is 2.10 bits per heavy atom. The van der Waals surface area contributed by atoms with Gasteiger partial charge in [-0.25, -0.2) is 10.9 Å². The molecule has 1 heterocycles. The Hall–Kier alpha value is -3.86. The van der Waals surface area contributed by atoms with Crippen LogP contribution in [-0.4, -0.2) is 23.5 Å². The molecule has 2 aromatic rings. The predicted molar refractivity (Wildman–Crippen MR) is 117 cm³/mol. The number of amides is 1. The van der Waals surface area contributed by atoms with Crippen LogP contribution in [0.4, 0.5) is 5.69 Å². The summed E-state index contributed by atoms with van der Waals surface area (Å²) < 4.78 is 0. The van der Waals surface area contributed by atoms with E-state index >= 15 is 0 Å². The van der Waals surface area contributed by atoms with Crippen molar-refractivity contribution in [3.8, 4) is 5.75 Å². The van der Waals surface area contributed by atoms with Crippen molar-refractivity contribution in [3.63, 3.8) is 0 Å². The molecule has 2 atom stereocenters. The first-order chi connectivity index (χ1) is 15.0. The van der Waals surface area contributed by atoms with Gasteiger partial charge in [-0.1, -0.05) is 42.0 Å². The van der Waals surface area contributed by atoms with Crippen LogP contribution in [0.1, 0.15) is 17.2 Å². The zero-order valence-corrected chi connectivity index (χ0v) is 16.6. The number of benzene rings is 2. The van der Waals surface area contributed by atoms with E-state index in [0.29, 0.717) is 22.6 Å². The number of carbonyl (C=O) groups excluding carboxylic acids is 1. The number of hydrazine groups is 2. The number of fused-ring (bicyclic) bond motifs is 1. The molecule has 0 fully saturated rings. The fraction of sp³-hybridized carbons (Fsp3) is 0.150. The molecule has 8 N–H and O–H groups in total. The maximum atomic E-state index is 13.4. The molecule has 0 aliphatic carbocycles. The van der Waals surface area contributed by atoms with Gasteiger partial charge in [-0.15, -0.1) is 0 Å². The summed E-state index contributed by atoms with van der Waals surface area (Å²) in [4.78, 5) is 20.9. The van der Waals surface area contributed by atoms with Crippen molar-refractivity contribution in [2.75, 3.05) is 11.9 Å². The molecule has 31 heavy (non-hydrogen) atoms. The molecule has 2 aromatic carbocycles. The Bertz CT molecular complexity index is 1050. The van der Waals surface area contributed by atoms with E-state index in [0.717, 1.165) is 10.6 Å². The highest BCUT2D eigenvalue weighted by Gasteiger charge is 2.29. The molecule has 1 aliphatic rings. The number of carbonyl (C=O) groups is 1. The summed E-state index contributed by atoms with van der Waals surface area (Å²) in [6, 6.07) is 13.7. The average Bonchev–Trinajstić information content (AvgIpc) is 2.82. The van der Waals surface area contributed by atoms with Crippen molar-refractivity contribution < 1.29 is 9.63 Å². The lowest BCUT2D eigenvalue weighted by Crippen LogP contribution is -2.48. The second kappa shape index (κ2) is 9.76. The minimum atomic E-state index is -0.727. The highest BCUT2D eigenvalue weighted by atomic mass is 16.6. The molecule has 160 valence electrons. The van der Waals surface area contributed by atoms with Gasteiger partial charge in [-0.3, -0.25) is 16.1 Å². The number of rotatable bonds is 8. The lowest BCUT2D eigenvalue weighted by Gasteiger charge is -2.30. The monoisotopic (exact) mass is 421 g/mol. The number of nitrogens with two attached hydrogens (primary N) is 3. The number of azide groups is 1. The van der Waals surface area contributed by atoms with Crippen molar-refractivity contribution in [1.82, 2.24) is 10.4 Å². The van der Waals surface area contributed by atoms with Crippen LogP contribution >= 0.6 is 0 Å². The van der Waals surface area contributed by atoms with Gasteiger partial charge in [0.25, 0.3) is 5.91 Å². The van der Waals surface area contributed by atoms with Crippen LogP contribution in [0.25, 0.3) is 16.0 Å². The minimum absolute atomic E-state index is 0.0677. The maximum Gasteiger partial charge on any atom is 0.272 e. The van der Waals surface area contributed by atoms with Crippen LogP contribution in [-0.2, 0) is 4.79 Å². The Morgan fingerprint density at radius 1 is 1.35 bits per heavy atom. The fourth-order valence-electron chi connectivity index (χ4n) is 3.24. The molecule has 0 saturated heterocycles. The van der Waals surface area contributed by atoms with Gasteiger partial charge in [0.2, 0.25) is 0 Å². The largest absolute Gasteiger partial charge is 0.412 e. The van der Waals surface area contributed by atoms with Gasteiger partial charge >= 0.3 is 0 Å². The summed E-state index contributed by atoms with van der Waals surface area (Å²) in [5.74, 6) is 16.7. The van der Waals surface area contributed by atoms with Gasteiger partial charge < -0.3 is 10.2 Å².